The lowest BCUT2D eigenvalue weighted by Gasteiger charge is -2.41. The van der Waals surface area contributed by atoms with Crippen molar-refractivity contribution in [3.8, 4) is 5.75 Å². The van der Waals surface area contributed by atoms with Crippen molar-refractivity contribution in [2.75, 3.05) is 18.6 Å². The van der Waals surface area contributed by atoms with Gasteiger partial charge < -0.3 is 14.7 Å². The van der Waals surface area contributed by atoms with Crippen molar-refractivity contribution >= 4 is 5.69 Å². The Kier molecular flexibility index (Phi) is 4.87. The Hall–Kier alpha value is -2.78. The van der Waals surface area contributed by atoms with E-state index in [1.165, 1.54) is 0 Å². The third-order valence-electron chi connectivity index (χ3n) is 5.57. The summed E-state index contributed by atoms with van der Waals surface area (Å²) in [7, 11) is 1.68. The second kappa shape index (κ2) is 7.45. The normalized spacial score (nSPS) is 17.1. The molecule has 0 aromatic heterocycles. The number of hydrogen-bond acceptors (Lipinski definition) is 3. The molecule has 0 amide bonds. The number of nitrogens with zero attached hydrogens (tertiary/aromatic N) is 1. The van der Waals surface area contributed by atoms with E-state index in [0.29, 0.717) is 0 Å². The molecule has 1 aliphatic rings. The maximum atomic E-state index is 12.1. The fraction of sp³-hybridized carbons (Fsp3) is 0.250. The molecule has 3 aromatic carbocycles. The predicted octanol–water partition coefficient (Wildman–Crippen LogP) is 4.60. The molecule has 4 rings (SSSR count). The first kappa shape index (κ1) is 17.6. The zero-order valence-corrected chi connectivity index (χ0v) is 15.6. The molecule has 3 aromatic rings. The lowest BCUT2D eigenvalue weighted by Crippen LogP contribution is -2.48. The minimum absolute atomic E-state index is 0.0318. The van der Waals surface area contributed by atoms with Gasteiger partial charge in [0.15, 0.2) is 0 Å². The van der Waals surface area contributed by atoms with Crippen LogP contribution in [0.25, 0.3) is 0 Å². The lowest BCUT2D eigenvalue weighted by molar-refractivity contribution is 0.0530. The van der Waals surface area contributed by atoms with Gasteiger partial charge in [-0.2, -0.15) is 0 Å². The van der Waals surface area contributed by atoms with Crippen molar-refractivity contribution in [1.29, 1.82) is 0 Å². The molecular weight excluding hydrogens is 334 g/mol. The van der Waals surface area contributed by atoms with E-state index in [-0.39, 0.29) is 6.04 Å². The van der Waals surface area contributed by atoms with Crippen molar-refractivity contribution in [3.63, 3.8) is 0 Å². The van der Waals surface area contributed by atoms with Crippen LogP contribution >= 0.6 is 0 Å². The summed E-state index contributed by atoms with van der Waals surface area (Å²) >= 11 is 0. The van der Waals surface area contributed by atoms with Crippen LogP contribution in [-0.4, -0.2) is 24.8 Å². The molecule has 1 unspecified atom stereocenters. The van der Waals surface area contributed by atoms with Gasteiger partial charge in [-0.15, -0.1) is 0 Å². The number of benzene rings is 3. The molecule has 1 aliphatic heterocycles. The van der Waals surface area contributed by atoms with Crippen LogP contribution < -0.4 is 9.64 Å². The standard InChI is InChI=1S/C24H25NO2/c1-27-22-16-14-21(15-17-22)25-18-8-13-23(25)24(26,19-9-4-2-5-10-19)20-11-6-3-7-12-20/h2-7,9-12,14-17,23,26H,8,13,18H2,1H3. The van der Waals surface area contributed by atoms with Gasteiger partial charge in [-0.1, -0.05) is 60.7 Å². The molecule has 1 saturated heterocycles. The van der Waals surface area contributed by atoms with Crippen LogP contribution in [0.5, 0.6) is 5.75 Å². The van der Waals surface area contributed by atoms with Crippen LogP contribution in [-0.2, 0) is 5.60 Å². The van der Waals surface area contributed by atoms with Gasteiger partial charge >= 0.3 is 0 Å². The monoisotopic (exact) mass is 359 g/mol. The first-order valence-corrected chi connectivity index (χ1v) is 9.47. The Morgan fingerprint density at radius 2 is 1.41 bits per heavy atom. The number of anilines is 1. The second-order valence-corrected chi connectivity index (χ2v) is 7.05. The number of aliphatic hydroxyl groups is 1. The largest absolute Gasteiger partial charge is 0.497 e. The lowest BCUT2D eigenvalue weighted by atomic mass is 9.79. The van der Waals surface area contributed by atoms with Crippen molar-refractivity contribution in [2.24, 2.45) is 0 Å². The summed E-state index contributed by atoms with van der Waals surface area (Å²) in [5.74, 6) is 0.843. The van der Waals surface area contributed by atoms with E-state index in [4.69, 9.17) is 4.74 Å². The number of methoxy groups -OCH3 is 1. The van der Waals surface area contributed by atoms with Crippen LogP contribution in [0.4, 0.5) is 5.69 Å². The van der Waals surface area contributed by atoms with Crippen molar-refractivity contribution in [1.82, 2.24) is 0 Å². The Morgan fingerprint density at radius 3 is 1.93 bits per heavy atom. The summed E-state index contributed by atoms with van der Waals surface area (Å²) in [5, 5.41) is 12.1. The molecule has 0 saturated carbocycles. The second-order valence-electron chi connectivity index (χ2n) is 7.05. The fourth-order valence-corrected chi connectivity index (χ4v) is 4.22. The molecule has 3 nitrogen and oxygen atoms in total. The number of hydrogen-bond donors (Lipinski definition) is 1. The van der Waals surface area contributed by atoms with E-state index in [1.807, 2.05) is 72.8 Å². The average molecular weight is 359 g/mol. The number of rotatable bonds is 5. The summed E-state index contributed by atoms with van der Waals surface area (Å²) in [6.45, 7) is 0.930. The quantitative estimate of drug-likeness (QED) is 0.723. The SMILES string of the molecule is COc1ccc(N2CCCC2C(O)(c2ccccc2)c2ccccc2)cc1. The first-order chi connectivity index (χ1) is 13.2. The molecule has 1 fully saturated rings. The smallest absolute Gasteiger partial charge is 0.135 e. The highest BCUT2D eigenvalue weighted by atomic mass is 16.5. The van der Waals surface area contributed by atoms with E-state index in [1.54, 1.807) is 7.11 Å². The van der Waals surface area contributed by atoms with Crippen LogP contribution in [0.1, 0.15) is 24.0 Å². The molecule has 0 spiro atoms. The zero-order valence-electron chi connectivity index (χ0n) is 15.6. The minimum Gasteiger partial charge on any atom is -0.497 e. The molecule has 0 bridgehead atoms. The van der Waals surface area contributed by atoms with Crippen molar-refractivity contribution in [3.05, 3.63) is 96.1 Å². The summed E-state index contributed by atoms with van der Waals surface area (Å²) in [5.41, 5.74) is 1.91. The van der Waals surface area contributed by atoms with Gasteiger partial charge in [0.1, 0.15) is 11.4 Å². The molecule has 1 heterocycles. The van der Waals surface area contributed by atoms with Gasteiger partial charge in [-0.25, -0.2) is 0 Å². The van der Waals surface area contributed by atoms with E-state index in [2.05, 4.69) is 17.0 Å². The molecule has 0 radical (unpaired) electrons. The summed E-state index contributed by atoms with van der Waals surface area (Å²) < 4.78 is 5.30. The fourth-order valence-electron chi connectivity index (χ4n) is 4.22. The van der Waals surface area contributed by atoms with Crippen LogP contribution in [0.15, 0.2) is 84.9 Å². The Bertz CT molecular complexity index is 822. The summed E-state index contributed by atoms with van der Waals surface area (Å²) in [6, 6.07) is 28.2. The Balaban J connectivity index is 1.79. The van der Waals surface area contributed by atoms with Crippen LogP contribution in [0.2, 0.25) is 0 Å². The first-order valence-electron chi connectivity index (χ1n) is 9.47. The number of ether oxygens (including phenoxy) is 1. The van der Waals surface area contributed by atoms with Crippen molar-refractivity contribution in [2.45, 2.75) is 24.5 Å². The molecular formula is C24H25NO2. The topological polar surface area (TPSA) is 32.7 Å². The van der Waals surface area contributed by atoms with E-state index in [9.17, 15) is 5.11 Å². The highest BCUT2D eigenvalue weighted by Gasteiger charge is 2.45. The van der Waals surface area contributed by atoms with E-state index >= 15 is 0 Å². The molecule has 27 heavy (non-hydrogen) atoms. The molecule has 138 valence electrons. The van der Waals surface area contributed by atoms with Gasteiger partial charge in [-0.3, -0.25) is 0 Å². The molecule has 3 heteroatoms. The van der Waals surface area contributed by atoms with Gasteiger partial charge in [0.25, 0.3) is 0 Å². The van der Waals surface area contributed by atoms with Gasteiger partial charge in [-0.05, 0) is 48.2 Å². The van der Waals surface area contributed by atoms with E-state index < -0.39 is 5.60 Å². The summed E-state index contributed by atoms with van der Waals surface area (Å²) in [4.78, 5) is 2.33. The minimum atomic E-state index is -1.07. The maximum Gasteiger partial charge on any atom is 0.135 e. The molecule has 1 atom stereocenters. The third kappa shape index (κ3) is 3.19. The van der Waals surface area contributed by atoms with Crippen molar-refractivity contribution < 1.29 is 9.84 Å². The van der Waals surface area contributed by atoms with Crippen LogP contribution in [0.3, 0.4) is 0 Å². The van der Waals surface area contributed by atoms with Gasteiger partial charge in [0, 0.05) is 12.2 Å². The van der Waals surface area contributed by atoms with E-state index in [0.717, 1.165) is 42.0 Å². The average Bonchev–Trinajstić information content (AvgIpc) is 3.25. The van der Waals surface area contributed by atoms with Gasteiger partial charge in [0.05, 0.1) is 13.2 Å². The maximum absolute atomic E-state index is 12.1. The third-order valence-corrected chi connectivity index (χ3v) is 5.57. The highest BCUT2D eigenvalue weighted by Crippen LogP contribution is 2.42. The summed E-state index contributed by atoms with van der Waals surface area (Å²) in [6.07, 6.45) is 1.99. The molecule has 0 aliphatic carbocycles. The Labute approximate surface area is 160 Å². The van der Waals surface area contributed by atoms with Gasteiger partial charge in [0.2, 0.25) is 0 Å². The Morgan fingerprint density at radius 1 is 0.852 bits per heavy atom. The predicted molar refractivity (Wildman–Crippen MR) is 109 cm³/mol. The highest BCUT2D eigenvalue weighted by molar-refractivity contribution is 5.54. The van der Waals surface area contributed by atoms with Crippen LogP contribution in [0, 0.1) is 0 Å². The zero-order chi connectivity index (χ0) is 18.7. The molecule has 1 N–H and O–H groups in total.